The Bertz CT molecular complexity index is 2570. The van der Waals surface area contributed by atoms with Crippen LogP contribution in [0.4, 0.5) is 34.1 Å². The number of carboxylic acid groups (broad SMARTS) is 1. The molecule has 0 aliphatic heterocycles. The third-order valence-electron chi connectivity index (χ3n) is 7.46. The topological polar surface area (TPSA) is 260 Å². The van der Waals surface area contributed by atoms with E-state index in [9.17, 15) is 43.0 Å². The van der Waals surface area contributed by atoms with E-state index >= 15 is 0 Å². The number of carbonyl (C=O) groups excluding carboxylic acids is 1. The molecule has 0 spiro atoms. The van der Waals surface area contributed by atoms with Crippen LogP contribution in [0.25, 0.3) is 21.5 Å². The van der Waals surface area contributed by atoms with E-state index in [0.29, 0.717) is 22.1 Å². The number of phenolic OH excluding ortho intramolecular Hbond substituents is 4. The molecule has 0 bridgehead atoms. The van der Waals surface area contributed by atoms with E-state index in [4.69, 9.17) is 5.11 Å². The zero-order chi connectivity index (χ0) is 36.4. The van der Waals surface area contributed by atoms with E-state index in [2.05, 4.69) is 30.5 Å². The van der Waals surface area contributed by atoms with Crippen LogP contribution in [0.15, 0.2) is 116 Å². The zero-order valence-electron chi connectivity index (χ0n) is 25.7. The van der Waals surface area contributed by atoms with Crippen LogP contribution < -0.4 is 10.1 Å². The number of phenols is 4. The number of carbonyl (C=O) groups is 2. The highest BCUT2D eigenvalue weighted by Gasteiger charge is 2.22. The highest BCUT2D eigenvalue weighted by Crippen LogP contribution is 2.43. The molecule has 0 aromatic heterocycles. The van der Waals surface area contributed by atoms with Gasteiger partial charge in [-0.3, -0.25) is 9.35 Å². The van der Waals surface area contributed by atoms with Crippen molar-refractivity contribution >= 4 is 78.2 Å². The van der Waals surface area contributed by atoms with Crippen LogP contribution in [0.2, 0.25) is 0 Å². The molecule has 0 saturated carbocycles. The summed E-state index contributed by atoms with van der Waals surface area (Å²) >= 11 is 0. The van der Waals surface area contributed by atoms with E-state index in [-0.39, 0.29) is 57.1 Å². The number of nitrogens with one attached hydrogen (secondary N) is 1. The lowest BCUT2D eigenvalue weighted by atomic mass is 10.1. The molecule has 6 rings (SSSR count). The Balaban J connectivity index is 1.28. The minimum atomic E-state index is -4.95. The predicted octanol–water partition coefficient (Wildman–Crippen LogP) is 7.87. The van der Waals surface area contributed by atoms with Crippen molar-refractivity contribution in [3.8, 4) is 28.7 Å². The van der Waals surface area contributed by atoms with Gasteiger partial charge in [0.25, 0.3) is 16.6 Å². The molecule has 0 aliphatic carbocycles. The Morgan fingerprint density at radius 2 is 1.25 bits per heavy atom. The summed E-state index contributed by atoms with van der Waals surface area (Å²) in [7, 11) is -4.95. The maximum absolute atomic E-state index is 12.3. The van der Waals surface area contributed by atoms with Crippen molar-refractivity contribution in [2.75, 3.05) is 5.32 Å². The second-order valence-electron chi connectivity index (χ2n) is 10.8. The fraction of sp³-hybridized carbons (Fsp3) is 0. The molecule has 6 aromatic rings. The average Bonchev–Trinajstić information content (AvgIpc) is 3.08. The lowest BCUT2D eigenvalue weighted by Gasteiger charge is -2.12. The van der Waals surface area contributed by atoms with E-state index in [1.807, 2.05) is 0 Å². The van der Waals surface area contributed by atoms with Gasteiger partial charge in [0.1, 0.15) is 44.9 Å². The van der Waals surface area contributed by atoms with Crippen LogP contribution in [0.1, 0.15) is 10.4 Å². The lowest BCUT2D eigenvalue weighted by Crippen LogP contribution is -1.99. The summed E-state index contributed by atoms with van der Waals surface area (Å²) in [4.78, 5) is 20.8. The average molecular weight is 710 g/mol. The monoisotopic (exact) mass is 709 g/mol. The van der Waals surface area contributed by atoms with Gasteiger partial charge in [-0.05, 0) is 89.6 Å². The second-order valence-corrected chi connectivity index (χ2v) is 12.1. The van der Waals surface area contributed by atoms with Gasteiger partial charge in [0, 0.05) is 28.2 Å². The zero-order valence-corrected chi connectivity index (χ0v) is 26.5. The highest BCUT2D eigenvalue weighted by molar-refractivity contribution is 7.86. The van der Waals surface area contributed by atoms with Crippen LogP contribution >= 0.6 is 0 Å². The van der Waals surface area contributed by atoms with Crippen LogP contribution in [-0.2, 0) is 14.9 Å². The van der Waals surface area contributed by atoms with Gasteiger partial charge >= 0.3 is 5.97 Å². The van der Waals surface area contributed by atoms with Gasteiger partial charge < -0.3 is 35.6 Å². The van der Waals surface area contributed by atoms with Crippen LogP contribution in [0, 0.1) is 0 Å². The minimum Gasteiger partial charge on any atom is -0.506 e. The van der Waals surface area contributed by atoms with Crippen molar-refractivity contribution in [2.24, 2.45) is 20.5 Å². The van der Waals surface area contributed by atoms with Crippen molar-refractivity contribution < 1.29 is 52.8 Å². The van der Waals surface area contributed by atoms with Gasteiger partial charge in [0.2, 0.25) is 0 Å². The van der Waals surface area contributed by atoms with Gasteiger partial charge in [-0.25, -0.2) is 4.79 Å². The quantitative estimate of drug-likeness (QED) is 0.0407. The molecule has 16 nitrogen and oxygen atoms in total. The van der Waals surface area contributed by atoms with E-state index in [1.165, 1.54) is 36.4 Å². The summed E-state index contributed by atoms with van der Waals surface area (Å²) in [6.07, 6.45) is 0. The lowest BCUT2D eigenvalue weighted by molar-refractivity contribution is -0.120. The van der Waals surface area contributed by atoms with Crippen molar-refractivity contribution in [3.05, 3.63) is 96.6 Å². The highest BCUT2D eigenvalue weighted by atomic mass is 32.2. The normalized spacial score (nSPS) is 11.8. The Morgan fingerprint density at radius 1 is 0.667 bits per heavy atom. The number of benzene rings is 6. The van der Waals surface area contributed by atoms with Gasteiger partial charge in [0.05, 0.1) is 5.56 Å². The number of aromatic hydroxyl groups is 4. The Kier molecular flexibility index (Phi) is 8.89. The maximum Gasteiger partial charge on any atom is 0.335 e. The Hall–Kier alpha value is -7.11. The molecule has 256 valence electrons. The van der Waals surface area contributed by atoms with E-state index in [1.54, 1.807) is 30.3 Å². The van der Waals surface area contributed by atoms with Gasteiger partial charge in [-0.15, -0.1) is 20.5 Å². The maximum atomic E-state index is 12.3. The summed E-state index contributed by atoms with van der Waals surface area (Å²) in [5, 5.41) is 71.2. The summed E-state index contributed by atoms with van der Waals surface area (Å²) in [6, 6.07) is 21.0. The Labute approximate surface area is 286 Å². The molecule has 0 aliphatic rings. The number of hydrogen-bond acceptors (Lipinski definition) is 14. The molecule has 7 N–H and O–H groups in total. The van der Waals surface area contributed by atoms with Gasteiger partial charge in [0.15, 0.2) is 11.5 Å². The molecular formula is C34H23N5O11S. The molecule has 6 aromatic carbocycles. The summed E-state index contributed by atoms with van der Waals surface area (Å²) in [5.41, 5.74) is 0.153. The van der Waals surface area contributed by atoms with Crippen molar-refractivity contribution in [3.63, 3.8) is 0 Å². The van der Waals surface area contributed by atoms with E-state index < -0.39 is 38.2 Å². The fourth-order valence-electron chi connectivity index (χ4n) is 5.02. The molecule has 51 heavy (non-hydrogen) atoms. The van der Waals surface area contributed by atoms with Crippen molar-refractivity contribution in [1.82, 2.24) is 0 Å². The minimum absolute atomic E-state index is 0.0745. The first-order valence-corrected chi connectivity index (χ1v) is 15.9. The third kappa shape index (κ3) is 7.05. The summed E-state index contributed by atoms with van der Waals surface area (Å²) in [5.74, 6) is -2.85. The molecule has 0 heterocycles. The largest absolute Gasteiger partial charge is 0.506 e. The second kappa shape index (κ2) is 13.4. The number of azo groups is 2. The Morgan fingerprint density at radius 3 is 1.88 bits per heavy atom. The number of nitrogens with zero attached hydrogens (tertiary/aromatic N) is 4. The number of rotatable bonds is 10. The number of ether oxygens (including phenoxy) is 1. The molecular weight excluding hydrogens is 686 g/mol. The van der Waals surface area contributed by atoms with Crippen molar-refractivity contribution in [1.29, 1.82) is 0 Å². The molecule has 0 radical (unpaired) electrons. The molecule has 17 heteroatoms. The first kappa shape index (κ1) is 33.8. The third-order valence-corrected chi connectivity index (χ3v) is 8.33. The number of hydrogen-bond donors (Lipinski definition) is 7. The van der Waals surface area contributed by atoms with Crippen LogP contribution in [0.5, 0.6) is 28.7 Å². The molecule has 0 saturated heterocycles. The van der Waals surface area contributed by atoms with Crippen LogP contribution in [0.3, 0.4) is 0 Å². The van der Waals surface area contributed by atoms with Gasteiger partial charge in [-0.1, -0.05) is 6.07 Å². The number of fused-ring (bicyclic) bond motifs is 2. The number of aromatic carboxylic acids is 1. The van der Waals surface area contributed by atoms with Crippen molar-refractivity contribution in [2.45, 2.75) is 4.90 Å². The first-order valence-electron chi connectivity index (χ1n) is 14.5. The van der Waals surface area contributed by atoms with Gasteiger partial charge in [-0.2, -0.15) is 8.42 Å². The molecule has 0 amide bonds. The standard InChI is InChI=1S/C34H23N5O11S/c40-16-50-22-5-10-26(29(42)15-22)36-38-27-9-1-17-11-20(3-6-23(17)32(27)43)35-21-4-7-24-19(12-21)14-30(51(47,48)49)31(33(24)44)39-37-25-8-2-18(34(45)46)13-28(25)41/h1-16,35,41-44H,(H,45,46)(H,47,48,49). The molecule has 0 fully saturated rings. The summed E-state index contributed by atoms with van der Waals surface area (Å²) in [6.45, 7) is 0.218. The number of anilines is 2. The predicted molar refractivity (Wildman–Crippen MR) is 183 cm³/mol. The molecule has 0 unspecified atom stereocenters. The van der Waals surface area contributed by atoms with E-state index in [0.717, 1.165) is 24.3 Å². The fourth-order valence-corrected chi connectivity index (χ4v) is 5.68. The SMILES string of the molecule is O=COc1ccc(N=Nc2ccc3cc(Nc4ccc5c(O)c(N=Nc6ccc(C(=O)O)cc6O)c(S(=O)(=O)O)cc5c4)ccc3c2O)c(O)c1. The number of carboxylic acids is 1. The smallest absolute Gasteiger partial charge is 0.335 e. The summed E-state index contributed by atoms with van der Waals surface area (Å²) < 4.78 is 39.3. The molecule has 0 atom stereocenters. The first-order chi connectivity index (χ1) is 24.3. The van der Waals surface area contributed by atoms with Crippen LogP contribution in [-0.4, -0.2) is 50.9 Å².